The van der Waals surface area contributed by atoms with Crippen molar-refractivity contribution in [1.29, 1.82) is 0 Å². The number of aliphatic hydroxyl groups excluding tert-OH is 1. The summed E-state index contributed by atoms with van der Waals surface area (Å²) in [7, 11) is 1.41. The van der Waals surface area contributed by atoms with E-state index in [9.17, 15) is 9.50 Å². The standard InChI is InChI=1S/C16H17FO2/c1-11-6-8-12(9-7-11)10-14(18)13-4-3-5-15(19-2)16(13)17/h3-9,14,18H,10H2,1-2H3. The van der Waals surface area contributed by atoms with E-state index in [0.29, 0.717) is 6.42 Å². The minimum atomic E-state index is -0.877. The summed E-state index contributed by atoms with van der Waals surface area (Å²) in [5, 5.41) is 10.1. The lowest BCUT2D eigenvalue weighted by molar-refractivity contribution is 0.172. The van der Waals surface area contributed by atoms with E-state index in [-0.39, 0.29) is 11.3 Å². The number of rotatable bonds is 4. The Bertz CT molecular complexity index is 549. The molecule has 0 aliphatic carbocycles. The number of methoxy groups -OCH3 is 1. The van der Waals surface area contributed by atoms with Crippen LogP contribution in [0.2, 0.25) is 0 Å². The zero-order valence-electron chi connectivity index (χ0n) is 11.1. The molecule has 2 nitrogen and oxygen atoms in total. The molecule has 2 aromatic rings. The van der Waals surface area contributed by atoms with Crippen LogP contribution in [-0.2, 0) is 6.42 Å². The Hall–Kier alpha value is -1.87. The molecule has 0 aromatic heterocycles. The molecule has 1 atom stereocenters. The Morgan fingerprint density at radius 2 is 1.84 bits per heavy atom. The maximum Gasteiger partial charge on any atom is 0.170 e. The number of hydrogen-bond donors (Lipinski definition) is 1. The summed E-state index contributed by atoms with van der Waals surface area (Å²) >= 11 is 0. The lowest BCUT2D eigenvalue weighted by Crippen LogP contribution is -2.05. The molecule has 0 fully saturated rings. The first-order valence-electron chi connectivity index (χ1n) is 6.18. The molecule has 0 heterocycles. The van der Waals surface area contributed by atoms with Gasteiger partial charge in [0.2, 0.25) is 0 Å². The van der Waals surface area contributed by atoms with Crippen LogP contribution in [0.3, 0.4) is 0 Å². The molecule has 0 bridgehead atoms. The molecule has 0 saturated heterocycles. The Kier molecular flexibility index (Phi) is 4.17. The summed E-state index contributed by atoms with van der Waals surface area (Å²) in [6.07, 6.45) is -0.498. The van der Waals surface area contributed by atoms with Gasteiger partial charge in [-0.25, -0.2) is 4.39 Å². The van der Waals surface area contributed by atoms with E-state index < -0.39 is 11.9 Å². The molecule has 100 valence electrons. The smallest absolute Gasteiger partial charge is 0.170 e. The summed E-state index contributed by atoms with van der Waals surface area (Å²) in [5.74, 6) is -0.343. The highest BCUT2D eigenvalue weighted by Gasteiger charge is 2.16. The monoisotopic (exact) mass is 260 g/mol. The molecule has 3 heteroatoms. The van der Waals surface area contributed by atoms with Crippen molar-refractivity contribution in [2.24, 2.45) is 0 Å². The van der Waals surface area contributed by atoms with Crippen molar-refractivity contribution in [3.63, 3.8) is 0 Å². The van der Waals surface area contributed by atoms with E-state index >= 15 is 0 Å². The molecule has 19 heavy (non-hydrogen) atoms. The third kappa shape index (κ3) is 3.12. The van der Waals surface area contributed by atoms with Crippen LogP contribution in [0.15, 0.2) is 42.5 Å². The van der Waals surface area contributed by atoms with Crippen LogP contribution in [-0.4, -0.2) is 12.2 Å². The van der Waals surface area contributed by atoms with E-state index in [1.165, 1.54) is 13.2 Å². The normalized spacial score (nSPS) is 12.2. The molecule has 0 aliphatic heterocycles. The zero-order valence-corrected chi connectivity index (χ0v) is 11.1. The molecule has 1 unspecified atom stereocenters. The van der Waals surface area contributed by atoms with Gasteiger partial charge in [-0.2, -0.15) is 0 Å². The van der Waals surface area contributed by atoms with Crippen molar-refractivity contribution in [1.82, 2.24) is 0 Å². The fourth-order valence-corrected chi connectivity index (χ4v) is 2.00. The number of benzene rings is 2. The van der Waals surface area contributed by atoms with Crippen LogP contribution in [0, 0.1) is 12.7 Å². The second kappa shape index (κ2) is 5.85. The topological polar surface area (TPSA) is 29.5 Å². The number of halogens is 1. The summed E-state index contributed by atoms with van der Waals surface area (Å²) < 4.78 is 18.9. The predicted molar refractivity (Wildman–Crippen MR) is 72.8 cm³/mol. The number of aliphatic hydroxyl groups is 1. The van der Waals surface area contributed by atoms with Gasteiger partial charge in [0.25, 0.3) is 0 Å². The number of hydrogen-bond acceptors (Lipinski definition) is 2. The Morgan fingerprint density at radius 1 is 1.16 bits per heavy atom. The lowest BCUT2D eigenvalue weighted by atomic mass is 10.00. The third-order valence-corrected chi connectivity index (χ3v) is 3.12. The fourth-order valence-electron chi connectivity index (χ4n) is 2.00. The predicted octanol–water partition coefficient (Wildman–Crippen LogP) is 3.42. The quantitative estimate of drug-likeness (QED) is 0.912. The molecular weight excluding hydrogens is 243 g/mol. The minimum absolute atomic E-state index is 0.153. The van der Waals surface area contributed by atoms with Crippen molar-refractivity contribution < 1.29 is 14.2 Å². The van der Waals surface area contributed by atoms with Crippen molar-refractivity contribution in [2.75, 3.05) is 7.11 Å². The second-order valence-electron chi connectivity index (χ2n) is 4.57. The van der Waals surface area contributed by atoms with Gasteiger partial charge < -0.3 is 9.84 Å². The zero-order chi connectivity index (χ0) is 13.8. The van der Waals surface area contributed by atoms with Gasteiger partial charge in [0.1, 0.15) is 0 Å². The molecule has 0 radical (unpaired) electrons. The van der Waals surface area contributed by atoms with Crippen LogP contribution in [0.25, 0.3) is 0 Å². The maximum atomic E-state index is 14.0. The Labute approximate surface area is 112 Å². The average molecular weight is 260 g/mol. The molecule has 0 spiro atoms. The highest BCUT2D eigenvalue weighted by Crippen LogP contribution is 2.27. The van der Waals surface area contributed by atoms with Crippen LogP contribution in [0.5, 0.6) is 5.75 Å². The molecular formula is C16H17FO2. The van der Waals surface area contributed by atoms with Crippen LogP contribution >= 0.6 is 0 Å². The summed E-state index contributed by atoms with van der Waals surface area (Å²) in [6, 6.07) is 12.6. The first-order chi connectivity index (χ1) is 9.11. The number of ether oxygens (including phenoxy) is 1. The summed E-state index contributed by atoms with van der Waals surface area (Å²) in [5.41, 5.74) is 2.39. The SMILES string of the molecule is COc1cccc(C(O)Cc2ccc(C)cc2)c1F. The molecule has 0 amide bonds. The van der Waals surface area contributed by atoms with Crippen LogP contribution < -0.4 is 4.74 Å². The van der Waals surface area contributed by atoms with Crippen molar-refractivity contribution in [3.8, 4) is 5.75 Å². The van der Waals surface area contributed by atoms with Crippen LogP contribution in [0.1, 0.15) is 22.8 Å². The van der Waals surface area contributed by atoms with Gasteiger partial charge in [-0.15, -0.1) is 0 Å². The Balaban J connectivity index is 2.20. The largest absolute Gasteiger partial charge is 0.494 e. The van der Waals surface area contributed by atoms with E-state index in [2.05, 4.69) is 0 Å². The van der Waals surface area contributed by atoms with E-state index in [4.69, 9.17) is 4.74 Å². The average Bonchev–Trinajstić information content (AvgIpc) is 2.41. The van der Waals surface area contributed by atoms with Gasteiger partial charge in [0.05, 0.1) is 13.2 Å². The molecule has 0 aliphatic rings. The van der Waals surface area contributed by atoms with Gasteiger partial charge in [0, 0.05) is 12.0 Å². The molecule has 2 aromatic carbocycles. The Morgan fingerprint density at radius 3 is 2.47 bits per heavy atom. The lowest BCUT2D eigenvalue weighted by Gasteiger charge is -2.14. The summed E-state index contributed by atoms with van der Waals surface area (Å²) in [6.45, 7) is 2.00. The van der Waals surface area contributed by atoms with Gasteiger partial charge in [-0.1, -0.05) is 42.0 Å². The van der Waals surface area contributed by atoms with Crippen LogP contribution in [0.4, 0.5) is 4.39 Å². The summed E-state index contributed by atoms with van der Waals surface area (Å²) in [4.78, 5) is 0. The van der Waals surface area contributed by atoms with Crippen molar-refractivity contribution in [2.45, 2.75) is 19.4 Å². The first-order valence-corrected chi connectivity index (χ1v) is 6.18. The highest BCUT2D eigenvalue weighted by molar-refractivity contribution is 5.33. The van der Waals surface area contributed by atoms with Crippen molar-refractivity contribution in [3.05, 3.63) is 65.0 Å². The minimum Gasteiger partial charge on any atom is -0.494 e. The van der Waals surface area contributed by atoms with Gasteiger partial charge >= 0.3 is 0 Å². The van der Waals surface area contributed by atoms with E-state index in [1.54, 1.807) is 12.1 Å². The maximum absolute atomic E-state index is 14.0. The fraction of sp³-hybridized carbons (Fsp3) is 0.250. The second-order valence-corrected chi connectivity index (χ2v) is 4.57. The van der Waals surface area contributed by atoms with Gasteiger partial charge in [0.15, 0.2) is 11.6 Å². The van der Waals surface area contributed by atoms with Gasteiger partial charge in [-0.3, -0.25) is 0 Å². The highest BCUT2D eigenvalue weighted by atomic mass is 19.1. The first kappa shape index (κ1) is 13.6. The van der Waals surface area contributed by atoms with E-state index in [1.807, 2.05) is 31.2 Å². The van der Waals surface area contributed by atoms with Crippen molar-refractivity contribution >= 4 is 0 Å². The molecule has 0 saturated carbocycles. The molecule has 2 rings (SSSR count). The third-order valence-electron chi connectivity index (χ3n) is 3.12. The van der Waals surface area contributed by atoms with E-state index in [0.717, 1.165) is 11.1 Å². The number of aryl methyl sites for hydroxylation is 1. The van der Waals surface area contributed by atoms with Gasteiger partial charge in [-0.05, 0) is 18.6 Å². The molecule has 1 N–H and O–H groups in total.